The lowest BCUT2D eigenvalue weighted by Crippen LogP contribution is -2.24. The first-order valence-corrected chi connectivity index (χ1v) is 7.95. The molecule has 25 heavy (non-hydrogen) atoms. The Morgan fingerprint density at radius 3 is 2.60 bits per heavy atom. The molecule has 1 amide bonds. The predicted molar refractivity (Wildman–Crippen MR) is 98.3 cm³/mol. The Balaban J connectivity index is 1.97. The topological polar surface area (TPSA) is 74.1 Å². The molecule has 0 aliphatic carbocycles. The third kappa shape index (κ3) is 5.27. The summed E-state index contributed by atoms with van der Waals surface area (Å²) in [5, 5.41) is 15.4. The number of anilines is 1. The molecule has 2 rings (SSSR count). The van der Waals surface area contributed by atoms with Gasteiger partial charge in [-0.25, -0.2) is 0 Å². The fourth-order valence-corrected chi connectivity index (χ4v) is 2.19. The fourth-order valence-electron chi connectivity index (χ4n) is 2.01. The standard InChI is InChI=1S/C19H18ClN3O2/c1-13-3-6-16(9-18(13)20)22-12-15(10-21)19(24)23-11-14-4-7-17(25-2)8-5-14/h3-9,12,22H,11H2,1-2H3,(H,23,24)/b15-12-. The van der Waals surface area contributed by atoms with E-state index in [0.29, 0.717) is 17.3 Å². The first-order valence-electron chi connectivity index (χ1n) is 7.57. The second-order valence-corrected chi connectivity index (χ2v) is 5.72. The van der Waals surface area contributed by atoms with Crippen LogP contribution in [0.2, 0.25) is 5.02 Å². The molecule has 0 atom stereocenters. The van der Waals surface area contributed by atoms with Gasteiger partial charge in [0.2, 0.25) is 0 Å². The van der Waals surface area contributed by atoms with Crippen LogP contribution in [0.1, 0.15) is 11.1 Å². The summed E-state index contributed by atoms with van der Waals surface area (Å²) in [6.07, 6.45) is 1.37. The van der Waals surface area contributed by atoms with Crippen molar-refractivity contribution >= 4 is 23.2 Å². The maximum absolute atomic E-state index is 12.1. The number of carbonyl (C=O) groups excluding carboxylic acids is 1. The molecular weight excluding hydrogens is 338 g/mol. The lowest BCUT2D eigenvalue weighted by Gasteiger charge is -2.07. The van der Waals surface area contributed by atoms with Crippen molar-refractivity contribution in [2.24, 2.45) is 0 Å². The summed E-state index contributed by atoms with van der Waals surface area (Å²) in [6, 6.07) is 14.6. The Morgan fingerprint density at radius 1 is 1.28 bits per heavy atom. The van der Waals surface area contributed by atoms with E-state index >= 15 is 0 Å². The van der Waals surface area contributed by atoms with E-state index in [9.17, 15) is 10.1 Å². The Bertz CT molecular complexity index is 824. The van der Waals surface area contributed by atoms with Crippen molar-refractivity contribution in [2.75, 3.05) is 12.4 Å². The summed E-state index contributed by atoms with van der Waals surface area (Å²) >= 11 is 6.05. The van der Waals surface area contributed by atoms with Crippen molar-refractivity contribution in [2.45, 2.75) is 13.5 Å². The van der Waals surface area contributed by atoms with E-state index in [2.05, 4.69) is 10.6 Å². The molecule has 128 valence electrons. The molecule has 0 saturated heterocycles. The zero-order valence-electron chi connectivity index (χ0n) is 14.0. The number of hydrogen-bond donors (Lipinski definition) is 2. The van der Waals surface area contributed by atoms with Crippen molar-refractivity contribution in [1.82, 2.24) is 5.32 Å². The molecule has 6 heteroatoms. The summed E-state index contributed by atoms with van der Waals surface area (Å²) in [7, 11) is 1.59. The number of carbonyl (C=O) groups is 1. The minimum Gasteiger partial charge on any atom is -0.497 e. The molecule has 0 aliphatic heterocycles. The largest absolute Gasteiger partial charge is 0.497 e. The monoisotopic (exact) mass is 355 g/mol. The number of rotatable bonds is 6. The zero-order valence-corrected chi connectivity index (χ0v) is 14.7. The molecule has 2 aromatic carbocycles. The first kappa shape index (κ1) is 18.4. The number of benzene rings is 2. The smallest absolute Gasteiger partial charge is 0.263 e. The number of aryl methyl sites for hydroxylation is 1. The minimum absolute atomic E-state index is 0.0230. The molecule has 0 heterocycles. The van der Waals surface area contributed by atoms with E-state index in [1.54, 1.807) is 13.2 Å². The minimum atomic E-state index is -0.455. The van der Waals surface area contributed by atoms with Crippen LogP contribution in [0.3, 0.4) is 0 Å². The van der Waals surface area contributed by atoms with E-state index in [4.69, 9.17) is 16.3 Å². The summed E-state index contributed by atoms with van der Waals surface area (Å²) in [5.41, 5.74) is 2.54. The van der Waals surface area contributed by atoms with Gasteiger partial charge in [0.15, 0.2) is 0 Å². The third-order valence-corrected chi connectivity index (χ3v) is 3.94. The SMILES string of the molecule is COc1ccc(CNC(=O)/C(C#N)=C\Nc2ccc(C)c(Cl)c2)cc1. The lowest BCUT2D eigenvalue weighted by molar-refractivity contribution is -0.117. The van der Waals surface area contributed by atoms with Crippen molar-refractivity contribution in [1.29, 1.82) is 5.26 Å². The molecule has 0 unspecified atom stereocenters. The van der Waals surface area contributed by atoms with Gasteiger partial charge in [0, 0.05) is 23.5 Å². The van der Waals surface area contributed by atoms with Crippen LogP contribution >= 0.6 is 11.6 Å². The van der Waals surface area contributed by atoms with Crippen LogP contribution in [0.5, 0.6) is 5.75 Å². The van der Waals surface area contributed by atoms with Gasteiger partial charge in [-0.2, -0.15) is 5.26 Å². The van der Waals surface area contributed by atoms with Crippen molar-refractivity contribution in [3.63, 3.8) is 0 Å². The molecule has 2 N–H and O–H groups in total. The highest BCUT2D eigenvalue weighted by atomic mass is 35.5. The number of nitriles is 1. The number of nitrogens with zero attached hydrogens (tertiary/aromatic N) is 1. The second-order valence-electron chi connectivity index (χ2n) is 5.31. The van der Waals surface area contributed by atoms with Crippen LogP contribution in [0, 0.1) is 18.3 Å². The molecule has 0 aliphatic rings. The molecule has 0 saturated carbocycles. The van der Waals surface area contributed by atoms with Crippen LogP contribution in [-0.4, -0.2) is 13.0 Å². The van der Waals surface area contributed by atoms with E-state index in [0.717, 1.165) is 16.9 Å². The Hall–Kier alpha value is -2.97. The summed E-state index contributed by atoms with van der Waals surface area (Å²) in [4.78, 5) is 12.1. The van der Waals surface area contributed by atoms with Crippen molar-refractivity contribution in [3.05, 3.63) is 70.4 Å². The van der Waals surface area contributed by atoms with E-state index in [-0.39, 0.29) is 5.57 Å². The predicted octanol–water partition coefficient (Wildman–Crippen LogP) is 3.79. The molecule has 2 aromatic rings. The van der Waals surface area contributed by atoms with Gasteiger partial charge in [0.1, 0.15) is 17.4 Å². The Labute approximate surface area is 151 Å². The number of hydrogen-bond acceptors (Lipinski definition) is 4. The first-order chi connectivity index (χ1) is 12.0. The number of amides is 1. The average Bonchev–Trinajstić information content (AvgIpc) is 2.63. The third-order valence-electron chi connectivity index (χ3n) is 3.53. The van der Waals surface area contributed by atoms with Crippen LogP contribution < -0.4 is 15.4 Å². The van der Waals surface area contributed by atoms with Crippen molar-refractivity contribution < 1.29 is 9.53 Å². The van der Waals surface area contributed by atoms with Crippen molar-refractivity contribution in [3.8, 4) is 11.8 Å². The van der Waals surface area contributed by atoms with Gasteiger partial charge in [-0.3, -0.25) is 4.79 Å². The molecule has 0 fully saturated rings. The Kier molecular flexibility index (Phi) is 6.44. The van der Waals surface area contributed by atoms with Gasteiger partial charge in [-0.1, -0.05) is 29.8 Å². The quantitative estimate of drug-likeness (QED) is 0.610. The number of ether oxygens (including phenoxy) is 1. The summed E-state index contributed by atoms with van der Waals surface area (Å²) in [6.45, 7) is 2.22. The van der Waals surface area contributed by atoms with E-state index in [1.165, 1.54) is 6.20 Å². The van der Waals surface area contributed by atoms with E-state index < -0.39 is 5.91 Å². The normalized spacial score (nSPS) is 10.7. The maximum Gasteiger partial charge on any atom is 0.263 e. The molecular formula is C19H18ClN3O2. The molecule has 0 aromatic heterocycles. The summed E-state index contributed by atoms with van der Waals surface area (Å²) in [5.74, 6) is 0.290. The van der Waals surface area contributed by atoms with Crippen LogP contribution in [0.15, 0.2) is 54.2 Å². The average molecular weight is 356 g/mol. The van der Waals surface area contributed by atoms with Gasteiger partial charge in [0.05, 0.1) is 7.11 Å². The summed E-state index contributed by atoms with van der Waals surface area (Å²) < 4.78 is 5.08. The zero-order chi connectivity index (χ0) is 18.2. The fraction of sp³-hybridized carbons (Fsp3) is 0.158. The molecule has 0 bridgehead atoms. The van der Waals surface area contributed by atoms with E-state index in [1.807, 2.05) is 49.4 Å². The highest BCUT2D eigenvalue weighted by Gasteiger charge is 2.08. The number of halogens is 1. The van der Waals surface area contributed by atoms with Crippen LogP contribution in [-0.2, 0) is 11.3 Å². The highest BCUT2D eigenvalue weighted by Crippen LogP contribution is 2.20. The van der Waals surface area contributed by atoms with Gasteiger partial charge in [-0.05, 0) is 42.3 Å². The van der Waals surface area contributed by atoms with Gasteiger partial charge in [0.25, 0.3) is 5.91 Å². The van der Waals surface area contributed by atoms with Crippen LogP contribution in [0.4, 0.5) is 5.69 Å². The molecule has 0 radical (unpaired) electrons. The lowest BCUT2D eigenvalue weighted by atomic mass is 10.2. The highest BCUT2D eigenvalue weighted by molar-refractivity contribution is 6.31. The van der Waals surface area contributed by atoms with Crippen LogP contribution in [0.25, 0.3) is 0 Å². The molecule has 5 nitrogen and oxygen atoms in total. The van der Waals surface area contributed by atoms with Gasteiger partial charge < -0.3 is 15.4 Å². The Morgan fingerprint density at radius 2 is 2.00 bits per heavy atom. The second kappa shape index (κ2) is 8.76. The number of nitrogens with one attached hydrogen (secondary N) is 2. The maximum atomic E-state index is 12.1. The van der Waals surface area contributed by atoms with Gasteiger partial charge >= 0.3 is 0 Å². The molecule has 0 spiro atoms. The number of methoxy groups -OCH3 is 1. The van der Waals surface area contributed by atoms with Gasteiger partial charge in [-0.15, -0.1) is 0 Å².